The normalized spacial score (nSPS) is 14.0. The first-order valence-corrected chi connectivity index (χ1v) is 13.7. The molecule has 0 radical (unpaired) electrons. The fourth-order valence-electron chi connectivity index (χ4n) is 4.80. The number of allylic oxidation sites excluding steroid dienone is 1. The Morgan fingerprint density at radius 3 is 2.62 bits per heavy atom. The van der Waals surface area contributed by atoms with E-state index in [0.29, 0.717) is 54.6 Å². The molecule has 216 valence electrons. The summed E-state index contributed by atoms with van der Waals surface area (Å²) in [5.74, 6) is 2.08. The van der Waals surface area contributed by atoms with Crippen molar-refractivity contribution in [3.05, 3.63) is 85.0 Å². The molecule has 0 saturated carbocycles. The summed E-state index contributed by atoms with van der Waals surface area (Å²) in [6, 6.07) is 16.9. The van der Waals surface area contributed by atoms with Gasteiger partial charge >= 0.3 is 0 Å². The highest BCUT2D eigenvalue weighted by Gasteiger charge is 2.26. The van der Waals surface area contributed by atoms with Gasteiger partial charge in [0, 0.05) is 78.8 Å². The maximum absolute atomic E-state index is 13.2. The number of ketones is 1. The van der Waals surface area contributed by atoms with Crippen molar-refractivity contribution in [2.24, 2.45) is 11.7 Å². The number of rotatable bonds is 10. The fourth-order valence-corrected chi connectivity index (χ4v) is 4.80. The number of hydrogen-bond donors (Lipinski definition) is 2. The molecule has 1 amide bonds. The Kier molecular flexibility index (Phi) is 8.76. The van der Waals surface area contributed by atoms with E-state index in [4.69, 9.17) is 20.2 Å². The number of carbonyl (C=O) groups excluding carboxylic acids is 2. The Morgan fingerprint density at radius 2 is 1.88 bits per heavy atom. The lowest BCUT2D eigenvalue weighted by Crippen LogP contribution is -2.38. The van der Waals surface area contributed by atoms with Crippen LogP contribution in [0.5, 0.6) is 11.5 Å². The molecule has 2 aromatic carbocycles. The molecule has 0 atom stereocenters. The molecule has 0 unspecified atom stereocenters. The first-order valence-electron chi connectivity index (χ1n) is 13.7. The summed E-state index contributed by atoms with van der Waals surface area (Å²) in [4.78, 5) is 35.9. The van der Waals surface area contributed by atoms with Crippen molar-refractivity contribution in [2.75, 3.05) is 37.0 Å². The Labute approximate surface area is 244 Å². The van der Waals surface area contributed by atoms with Gasteiger partial charge in [-0.1, -0.05) is 12.1 Å². The fraction of sp³-hybridized carbons (Fsp3) is 0.258. The third-order valence-electron chi connectivity index (χ3n) is 6.88. The van der Waals surface area contributed by atoms with Gasteiger partial charge in [-0.2, -0.15) is 5.10 Å². The molecule has 1 saturated heterocycles. The Hall–Kier alpha value is -5.19. The van der Waals surface area contributed by atoms with Gasteiger partial charge in [-0.05, 0) is 44.0 Å². The summed E-state index contributed by atoms with van der Waals surface area (Å²) in [6.45, 7) is 2.84. The number of nitrogens with two attached hydrogens (primary N) is 1. The van der Waals surface area contributed by atoms with E-state index in [9.17, 15) is 9.59 Å². The van der Waals surface area contributed by atoms with Gasteiger partial charge in [0.1, 0.15) is 23.9 Å². The van der Waals surface area contributed by atoms with Crippen molar-refractivity contribution in [3.63, 3.8) is 0 Å². The highest BCUT2D eigenvalue weighted by molar-refractivity contribution is 5.93. The van der Waals surface area contributed by atoms with Crippen molar-refractivity contribution in [1.29, 1.82) is 0 Å². The first-order chi connectivity index (χ1) is 20.4. The molecule has 11 nitrogen and oxygen atoms in total. The first kappa shape index (κ1) is 28.3. The molecule has 3 heterocycles. The zero-order valence-corrected chi connectivity index (χ0v) is 23.6. The van der Waals surface area contributed by atoms with Crippen LogP contribution in [0.3, 0.4) is 0 Å². The minimum atomic E-state index is -0.155. The van der Waals surface area contributed by atoms with Gasteiger partial charge < -0.3 is 25.4 Å². The van der Waals surface area contributed by atoms with E-state index in [1.807, 2.05) is 42.6 Å². The summed E-state index contributed by atoms with van der Waals surface area (Å²) in [5, 5.41) is 7.30. The van der Waals surface area contributed by atoms with Crippen LogP contribution in [0.4, 0.5) is 11.5 Å². The van der Waals surface area contributed by atoms with E-state index in [0.717, 1.165) is 17.1 Å². The lowest BCUT2D eigenvalue weighted by atomic mass is 9.95. The number of carbonyl (C=O) groups is 2. The number of benzene rings is 2. The maximum Gasteiger partial charge on any atom is 0.227 e. The van der Waals surface area contributed by atoms with Crippen LogP contribution >= 0.6 is 0 Å². The van der Waals surface area contributed by atoms with Gasteiger partial charge in [0.05, 0.1) is 12.8 Å². The molecular weight excluding hydrogens is 534 g/mol. The second kappa shape index (κ2) is 13.0. The van der Waals surface area contributed by atoms with E-state index in [-0.39, 0.29) is 24.2 Å². The van der Waals surface area contributed by atoms with Gasteiger partial charge in [0.25, 0.3) is 0 Å². The highest BCUT2D eigenvalue weighted by atomic mass is 16.5. The zero-order chi connectivity index (χ0) is 29.5. The third-order valence-corrected chi connectivity index (χ3v) is 6.88. The van der Waals surface area contributed by atoms with Crippen molar-refractivity contribution in [2.45, 2.75) is 19.8 Å². The molecule has 1 aliphatic rings. The smallest absolute Gasteiger partial charge is 0.227 e. The monoisotopic (exact) mass is 567 g/mol. The summed E-state index contributed by atoms with van der Waals surface area (Å²) in [5.41, 5.74) is 8.52. The maximum atomic E-state index is 13.2. The number of ether oxygens (including phenoxy) is 2. The van der Waals surface area contributed by atoms with Crippen molar-refractivity contribution < 1.29 is 19.1 Å². The summed E-state index contributed by atoms with van der Waals surface area (Å²) in [7, 11) is 1.54. The standard InChI is InChI=1S/C31H33N7O4/c1-21(39)15-24(32)20-42-28-18-25(17-27(19-28)41-2)35-31(40)22-8-13-37(14-9-22)29-7-11-33-30(36-29)23-5-3-6-26(16-23)38-12-4-10-34-38/h3-7,10-12,15-19,22H,8-9,13-14,20,32H2,1-2H3,(H,35,40). The number of hydrogen-bond acceptors (Lipinski definition) is 9. The molecule has 1 fully saturated rings. The summed E-state index contributed by atoms with van der Waals surface area (Å²) < 4.78 is 12.9. The molecule has 5 rings (SSSR count). The number of anilines is 2. The lowest BCUT2D eigenvalue weighted by Gasteiger charge is -2.32. The van der Waals surface area contributed by atoms with E-state index < -0.39 is 0 Å². The Bertz CT molecular complexity index is 1580. The zero-order valence-electron chi connectivity index (χ0n) is 23.6. The molecule has 42 heavy (non-hydrogen) atoms. The minimum absolute atomic E-state index is 0.0408. The second-order valence-corrected chi connectivity index (χ2v) is 10.0. The van der Waals surface area contributed by atoms with E-state index in [2.05, 4.69) is 20.3 Å². The molecule has 4 aromatic rings. The number of nitrogens with one attached hydrogen (secondary N) is 1. The molecule has 2 aromatic heterocycles. The minimum Gasteiger partial charge on any atom is -0.497 e. The molecule has 1 aliphatic heterocycles. The molecule has 3 N–H and O–H groups in total. The van der Waals surface area contributed by atoms with Gasteiger partial charge in [-0.25, -0.2) is 14.6 Å². The van der Waals surface area contributed by atoms with Crippen LogP contribution < -0.4 is 25.4 Å². The van der Waals surface area contributed by atoms with E-state index >= 15 is 0 Å². The molecule has 0 bridgehead atoms. The van der Waals surface area contributed by atoms with E-state index in [1.165, 1.54) is 13.0 Å². The van der Waals surface area contributed by atoms with Crippen LogP contribution in [0.1, 0.15) is 19.8 Å². The van der Waals surface area contributed by atoms with Crippen molar-refractivity contribution >= 4 is 23.2 Å². The van der Waals surface area contributed by atoms with Crippen LogP contribution in [0.25, 0.3) is 17.1 Å². The highest BCUT2D eigenvalue weighted by Crippen LogP contribution is 2.29. The van der Waals surface area contributed by atoms with Gasteiger partial charge in [0.15, 0.2) is 11.6 Å². The van der Waals surface area contributed by atoms with Crippen LogP contribution in [0.2, 0.25) is 0 Å². The van der Waals surface area contributed by atoms with Crippen LogP contribution in [0.15, 0.2) is 85.0 Å². The molecule has 11 heteroatoms. The number of aromatic nitrogens is 4. The average molecular weight is 568 g/mol. The van der Waals surface area contributed by atoms with Gasteiger partial charge in [-0.3, -0.25) is 9.59 Å². The number of nitrogens with zero attached hydrogens (tertiary/aromatic N) is 5. The SMILES string of the molecule is COc1cc(NC(=O)C2CCN(c3ccnc(-c4cccc(-n5cccn5)c4)n3)CC2)cc(OCC(N)=CC(C)=O)c1. The molecular formula is C31H33N7O4. The number of methoxy groups -OCH3 is 1. The number of piperidine rings is 1. The van der Waals surface area contributed by atoms with Crippen LogP contribution in [-0.2, 0) is 9.59 Å². The van der Waals surface area contributed by atoms with Crippen LogP contribution in [0, 0.1) is 5.92 Å². The van der Waals surface area contributed by atoms with Crippen molar-refractivity contribution in [1.82, 2.24) is 19.7 Å². The Morgan fingerprint density at radius 1 is 1.07 bits per heavy atom. The average Bonchev–Trinajstić information content (AvgIpc) is 3.55. The topological polar surface area (TPSA) is 137 Å². The van der Waals surface area contributed by atoms with Crippen LogP contribution in [-0.4, -0.2) is 58.2 Å². The molecule has 0 aliphatic carbocycles. The van der Waals surface area contributed by atoms with Gasteiger partial charge in [-0.15, -0.1) is 0 Å². The van der Waals surface area contributed by atoms with E-state index in [1.54, 1.807) is 42.4 Å². The lowest BCUT2D eigenvalue weighted by molar-refractivity contribution is -0.120. The predicted molar refractivity (Wildman–Crippen MR) is 160 cm³/mol. The third kappa shape index (κ3) is 7.11. The van der Waals surface area contributed by atoms with Gasteiger partial charge in [0.2, 0.25) is 5.91 Å². The Balaban J connectivity index is 1.20. The number of amides is 1. The van der Waals surface area contributed by atoms with Crippen molar-refractivity contribution in [3.8, 4) is 28.6 Å². The quantitative estimate of drug-likeness (QED) is 0.272. The molecule has 0 spiro atoms. The largest absolute Gasteiger partial charge is 0.497 e. The summed E-state index contributed by atoms with van der Waals surface area (Å²) in [6.07, 6.45) is 8.08. The second-order valence-electron chi connectivity index (χ2n) is 10.0. The predicted octanol–water partition coefficient (Wildman–Crippen LogP) is 4.00. The summed E-state index contributed by atoms with van der Waals surface area (Å²) >= 11 is 0.